The molecule has 1 atom stereocenters. The Labute approximate surface area is 148 Å². The molecule has 1 aliphatic heterocycles. The minimum absolute atomic E-state index is 0.104. The van der Waals surface area contributed by atoms with Crippen molar-refractivity contribution < 1.29 is 26.3 Å². The molecule has 1 aromatic carbocycles. The van der Waals surface area contributed by atoms with E-state index in [2.05, 4.69) is 9.97 Å². The number of hydrogen-bond donors (Lipinski definition) is 0. The third-order valence-corrected chi connectivity index (χ3v) is 5.84. The summed E-state index contributed by atoms with van der Waals surface area (Å²) < 4.78 is 70.0. The largest absolute Gasteiger partial charge is 0.473 e. The number of hydrogen-bond acceptors (Lipinski definition) is 5. The number of alkyl halides is 3. The van der Waals surface area contributed by atoms with Crippen LogP contribution in [0.25, 0.3) is 0 Å². The first-order chi connectivity index (χ1) is 12.2. The van der Waals surface area contributed by atoms with Gasteiger partial charge in [0.25, 0.3) is 0 Å². The molecule has 1 aromatic heterocycles. The normalized spacial score (nSPS) is 18.8. The van der Waals surface area contributed by atoms with E-state index < -0.39 is 21.8 Å². The average Bonchev–Trinajstić information content (AvgIpc) is 3.03. The van der Waals surface area contributed by atoms with Gasteiger partial charge in [-0.1, -0.05) is 0 Å². The topological polar surface area (TPSA) is 72.4 Å². The number of aryl methyl sites for hydroxylation is 1. The fourth-order valence-electron chi connectivity index (χ4n) is 2.65. The Morgan fingerprint density at radius 3 is 2.50 bits per heavy atom. The first-order valence-corrected chi connectivity index (χ1v) is 9.24. The molecule has 0 amide bonds. The van der Waals surface area contributed by atoms with Gasteiger partial charge in [-0.15, -0.1) is 0 Å². The van der Waals surface area contributed by atoms with Crippen LogP contribution in [-0.4, -0.2) is 41.9 Å². The summed E-state index contributed by atoms with van der Waals surface area (Å²) in [6.45, 7) is 2.04. The van der Waals surface area contributed by atoms with Gasteiger partial charge in [0, 0.05) is 18.8 Å². The fourth-order valence-corrected chi connectivity index (χ4v) is 4.13. The number of halogens is 3. The average molecular weight is 387 g/mol. The first kappa shape index (κ1) is 18.6. The van der Waals surface area contributed by atoms with Crippen LogP contribution in [0.4, 0.5) is 13.2 Å². The van der Waals surface area contributed by atoms with Crippen LogP contribution >= 0.6 is 0 Å². The number of ether oxygens (including phenoxy) is 1. The molecule has 26 heavy (non-hydrogen) atoms. The third-order valence-electron chi connectivity index (χ3n) is 3.97. The molecule has 6 nitrogen and oxygen atoms in total. The van der Waals surface area contributed by atoms with E-state index >= 15 is 0 Å². The van der Waals surface area contributed by atoms with Crippen molar-refractivity contribution in [1.29, 1.82) is 0 Å². The van der Waals surface area contributed by atoms with Crippen molar-refractivity contribution in [2.45, 2.75) is 30.5 Å². The lowest BCUT2D eigenvalue weighted by molar-refractivity contribution is -0.137. The zero-order valence-corrected chi connectivity index (χ0v) is 14.6. The molecule has 0 aliphatic carbocycles. The maximum atomic E-state index is 12.6. The number of benzene rings is 1. The Morgan fingerprint density at radius 2 is 1.88 bits per heavy atom. The van der Waals surface area contributed by atoms with E-state index in [9.17, 15) is 21.6 Å². The van der Waals surface area contributed by atoms with E-state index in [1.54, 1.807) is 19.2 Å². The monoisotopic (exact) mass is 387 g/mol. The van der Waals surface area contributed by atoms with Gasteiger partial charge in [-0.2, -0.15) is 22.5 Å². The van der Waals surface area contributed by atoms with E-state index in [0.29, 0.717) is 18.1 Å². The van der Waals surface area contributed by atoms with Gasteiger partial charge in [0.05, 0.1) is 17.0 Å². The van der Waals surface area contributed by atoms with Crippen molar-refractivity contribution in [1.82, 2.24) is 14.3 Å². The molecule has 0 N–H and O–H groups in total. The van der Waals surface area contributed by atoms with Crippen LogP contribution in [0.15, 0.2) is 41.4 Å². The molecule has 140 valence electrons. The Balaban J connectivity index is 1.71. The van der Waals surface area contributed by atoms with Crippen molar-refractivity contribution in [2.24, 2.45) is 0 Å². The molecule has 2 heterocycles. The van der Waals surface area contributed by atoms with Crippen LogP contribution in [0.1, 0.15) is 17.8 Å². The number of sulfonamides is 1. The predicted octanol–water partition coefficient (Wildman–Crippen LogP) is 2.65. The molecule has 3 rings (SSSR count). The zero-order valence-electron chi connectivity index (χ0n) is 13.8. The van der Waals surface area contributed by atoms with Gasteiger partial charge < -0.3 is 4.74 Å². The van der Waals surface area contributed by atoms with Crippen molar-refractivity contribution in [3.05, 3.63) is 47.9 Å². The van der Waals surface area contributed by atoms with Crippen LogP contribution in [0.2, 0.25) is 0 Å². The minimum atomic E-state index is -4.51. The molecule has 1 fully saturated rings. The lowest BCUT2D eigenvalue weighted by atomic mass is 10.2. The Kier molecular flexibility index (Phi) is 4.89. The second-order valence-corrected chi connectivity index (χ2v) is 7.79. The summed E-state index contributed by atoms with van der Waals surface area (Å²) in [6, 6.07) is 5.06. The third kappa shape index (κ3) is 3.96. The van der Waals surface area contributed by atoms with Gasteiger partial charge in [0.15, 0.2) is 0 Å². The quantitative estimate of drug-likeness (QED) is 0.807. The number of aromatic nitrogens is 2. The predicted molar refractivity (Wildman–Crippen MR) is 86.0 cm³/mol. The molecular formula is C16H16F3N3O3S. The minimum Gasteiger partial charge on any atom is -0.473 e. The summed E-state index contributed by atoms with van der Waals surface area (Å²) in [5.74, 6) is 0.894. The molecule has 1 saturated heterocycles. The highest BCUT2D eigenvalue weighted by molar-refractivity contribution is 7.89. The highest BCUT2D eigenvalue weighted by Crippen LogP contribution is 2.31. The van der Waals surface area contributed by atoms with E-state index in [4.69, 9.17) is 4.74 Å². The van der Waals surface area contributed by atoms with Crippen LogP contribution in [0.5, 0.6) is 5.88 Å². The zero-order chi connectivity index (χ0) is 18.9. The lowest BCUT2D eigenvalue weighted by Crippen LogP contribution is -2.31. The standard InChI is InChI=1S/C16H16F3N3O3S/c1-11-20-8-6-15(21-11)25-13-7-9-22(10-13)26(23,24)14-4-2-12(3-5-14)16(17,18)19/h2-6,8,13H,7,9-10H2,1H3. The summed E-state index contributed by atoms with van der Waals surface area (Å²) in [5, 5.41) is 0. The molecule has 1 unspecified atom stereocenters. The summed E-state index contributed by atoms with van der Waals surface area (Å²) in [4.78, 5) is 7.89. The SMILES string of the molecule is Cc1nccc(OC2CCN(S(=O)(=O)c3ccc(C(F)(F)F)cc3)C2)n1. The summed E-state index contributed by atoms with van der Waals surface area (Å²) in [6.07, 6.45) is -2.88. The maximum Gasteiger partial charge on any atom is 0.416 e. The van der Waals surface area contributed by atoms with E-state index in [0.717, 1.165) is 24.3 Å². The van der Waals surface area contributed by atoms with Crippen molar-refractivity contribution in [3.8, 4) is 5.88 Å². The Hall–Kier alpha value is -2.20. The van der Waals surface area contributed by atoms with E-state index in [1.807, 2.05) is 0 Å². The van der Waals surface area contributed by atoms with Gasteiger partial charge in [0.1, 0.15) is 11.9 Å². The highest BCUT2D eigenvalue weighted by Gasteiger charge is 2.35. The Morgan fingerprint density at radius 1 is 1.19 bits per heavy atom. The van der Waals surface area contributed by atoms with Crippen molar-refractivity contribution in [3.63, 3.8) is 0 Å². The number of rotatable bonds is 4. The Bertz CT molecular complexity index is 886. The summed E-state index contributed by atoms with van der Waals surface area (Å²) in [5.41, 5.74) is -0.891. The molecule has 0 spiro atoms. The fraction of sp³-hybridized carbons (Fsp3) is 0.375. The second kappa shape index (κ2) is 6.84. The second-order valence-electron chi connectivity index (χ2n) is 5.86. The van der Waals surface area contributed by atoms with Gasteiger partial charge >= 0.3 is 6.18 Å². The number of nitrogens with zero attached hydrogens (tertiary/aromatic N) is 3. The summed E-state index contributed by atoms with van der Waals surface area (Å²) >= 11 is 0. The molecule has 2 aromatic rings. The van der Waals surface area contributed by atoms with Gasteiger partial charge in [0.2, 0.25) is 15.9 Å². The molecular weight excluding hydrogens is 371 g/mol. The molecule has 10 heteroatoms. The highest BCUT2D eigenvalue weighted by atomic mass is 32.2. The van der Waals surface area contributed by atoms with Crippen molar-refractivity contribution in [2.75, 3.05) is 13.1 Å². The summed E-state index contributed by atoms with van der Waals surface area (Å²) in [7, 11) is -3.88. The first-order valence-electron chi connectivity index (χ1n) is 7.80. The molecule has 0 radical (unpaired) electrons. The van der Waals surface area contributed by atoms with Crippen LogP contribution in [0, 0.1) is 6.92 Å². The van der Waals surface area contributed by atoms with Gasteiger partial charge in [-0.25, -0.2) is 13.4 Å². The van der Waals surface area contributed by atoms with Gasteiger partial charge in [-0.3, -0.25) is 0 Å². The molecule has 0 saturated carbocycles. The van der Waals surface area contributed by atoms with Crippen LogP contribution < -0.4 is 4.74 Å². The van der Waals surface area contributed by atoms with Gasteiger partial charge in [-0.05, 0) is 37.6 Å². The smallest absolute Gasteiger partial charge is 0.416 e. The maximum absolute atomic E-state index is 12.6. The van der Waals surface area contributed by atoms with Crippen molar-refractivity contribution >= 4 is 10.0 Å². The lowest BCUT2D eigenvalue weighted by Gasteiger charge is -2.17. The van der Waals surface area contributed by atoms with Crippen LogP contribution in [-0.2, 0) is 16.2 Å². The van der Waals surface area contributed by atoms with E-state index in [-0.39, 0.29) is 24.1 Å². The molecule has 1 aliphatic rings. The molecule has 0 bridgehead atoms. The van der Waals surface area contributed by atoms with E-state index in [1.165, 1.54) is 4.31 Å². The van der Waals surface area contributed by atoms with Crippen LogP contribution in [0.3, 0.4) is 0 Å².